The number of hydrogen-bond acceptors (Lipinski definition) is 4. The average molecular weight is 261 g/mol. The van der Waals surface area contributed by atoms with Crippen LogP contribution in [0.5, 0.6) is 11.5 Å². The van der Waals surface area contributed by atoms with Gasteiger partial charge in [0.2, 0.25) is 0 Å². The second-order valence-corrected chi connectivity index (χ2v) is 4.23. The van der Waals surface area contributed by atoms with E-state index in [9.17, 15) is 0 Å². The molecule has 1 aromatic heterocycles. The summed E-state index contributed by atoms with van der Waals surface area (Å²) in [5.41, 5.74) is 2.05. The van der Waals surface area contributed by atoms with E-state index in [1.54, 1.807) is 20.5 Å². The summed E-state index contributed by atoms with van der Waals surface area (Å²) >= 11 is 0. The summed E-state index contributed by atoms with van der Waals surface area (Å²) in [6, 6.07) is 7.69. The molecule has 1 heterocycles. The lowest BCUT2D eigenvalue weighted by Crippen LogP contribution is -2.19. The lowest BCUT2D eigenvalue weighted by Gasteiger charge is -2.21. The summed E-state index contributed by atoms with van der Waals surface area (Å²) in [5.74, 6) is 2.46. The fourth-order valence-corrected chi connectivity index (χ4v) is 2.31. The van der Waals surface area contributed by atoms with Crippen LogP contribution in [0.2, 0.25) is 0 Å². The quantitative estimate of drug-likeness (QED) is 0.898. The first-order chi connectivity index (χ1) is 9.22. The van der Waals surface area contributed by atoms with Crippen molar-refractivity contribution < 1.29 is 13.9 Å². The molecule has 4 heteroatoms. The van der Waals surface area contributed by atoms with Crippen molar-refractivity contribution in [3.8, 4) is 11.5 Å². The molecular weight excluding hydrogens is 242 g/mol. The van der Waals surface area contributed by atoms with Gasteiger partial charge in [-0.05, 0) is 32.2 Å². The van der Waals surface area contributed by atoms with Crippen molar-refractivity contribution in [2.45, 2.75) is 13.0 Å². The Morgan fingerprint density at radius 1 is 1.11 bits per heavy atom. The zero-order valence-electron chi connectivity index (χ0n) is 11.7. The Hall–Kier alpha value is -1.94. The highest BCUT2D eigenvalue weighted by atomic mass is 16.5. The number of aryl methyl sites for hydroxylation is 1. The molecule has 1 unspecified atom stereocenters. The number of ether oxygens (including phenoxy) is 2. The SMILES string of the molecule is CNC(c1ccoc1C)c1c(OC)cccc1OC. The Morgan fingerprint density at radius 2 is 1.74 bits per heavy atom. The lowest BCUT2D eigenvalue weighted by molar-refractivity contribution is 0.378. The predicted molar refractivity (Wildman–Crippen MR) is 73.9 cm³/mol. The fourth-order valence-electron chi connectivity index (χ4n) is 2.31. The van der Waals surface area contributed by atoms with E-state index < -0.39 is 0 Å². The molecule has 2 rings (SSSR count). The molecule has 0 saturated heterocycles. The molecule has 0 spiro atoms. The second-order valence-electron chi connectivity index (χ2n) is 4.23. The van der Waals surface area contributed by atoms with Crippen LogP contribution >= 0.6 is 0 Å². The van der Waals surface area contributed by atoms with Gasteiger partial charge in [-0.3, -0.25) is 0 Å². The number of methoxy groups -OCH3 is 2. The number of hydrogen-bond donors (Lipinski definition) is 1. The summed E-state index contributed by atoms with van der Waals surface area (Å²) in [6.07, 6.45) is 1.69. The maximum absolute atomic E-state index is 5.46. The Bertz CT molecular complexity index is 526. The van der Waals surface area contributed by atoms with Crippen LogP contribution in [0.25, 0.3) is 0 Å². The Labute approximate surface area is 113 Å². The molecular formula is C15H19NO3. The number of nitrogens with one attached hydrogen (secondary N) is 1. The maximum atomic E-state index is 5.46. The molecule has 1 aromatic carbocycles. The molecule has 1 N–H and O–H groups in total. The van der Waals surface area contributed by atoms with Crippen LogP contribution in [0.15, 0.2) is 34.9 Å². The molecule has 4 nitrogen and oxygen atoms in total. The summed E-state index contributed by atoms with van der Waals surface area (Å²) in [6.45, 7) is 1.95. The van der Waals surface area contributed by atoms with Gasteiger partial charge in [0, 0.05) is 5.56 Å². The van der Waals surface area contributed by atoms with Gasteiger partial charge >= 0.3 is 0 Å². The highest BCUT2D eigenvalue weighted by Crippen LogP contribution is 2.38. The highest BCUT2D eigenvalue weighted by Gasteiger charge is 2.23. The molecule has 0 bridgehead atoms. The smallest absolute Gasteiger partial charge is 0.127 e. The summed E-state index contributed by atoms with van der Waals surface area (Å²) < 4.78 is 16.3. The van der Waals surface area contributed by atoms with Crippen LogP contribution in [-0.2, 0) is 0 Å². The van der Waals surface area contributed by atoms with E-state index in [1.807, 2.05) is 38.2 Å². The van der Waals surface area contributed by atoms with Gasteiger partial charge in [0.25, 0.3) is 0 Å². The largest absolute Gasteiger partial charge is 0.496 e. The van der Waals surface area contributed by atoms with Gasteiger partial charge in [-0.25, -0.2) is 0 Å². The topological polar surface area (TPSA) is 43.6 Å². The van der Waals surface area contributed by atoms with E-state index in [-0.39, 0.29) is 6.04 Å². The van der Waals surface area contributed by atoms with Gasteiger partial charge in [-0.2, -0.15) is 0 Å². The molecule has 102 valence electrons. The van der Waals surface area contributed by atoms with Gasteiger partial charge in [-0.15, -0.1) is 0 Å². The fraction of sp³-hybridized carbons (Fsp3) is 0.333. The minimum Gasteiger partial charge on any atom is -0.496 e. The molecule has 0 aliphatic heterocycles. The average Bonchev–Trinajstić information content (AvgIpc) is 2.86. The van der Waals surface area contributed by atoms with Crippen molar-refractivity contribution >= 4 is 0 Å². The first kappa shape index (κ1) is 13.5. The van der Waals surface area contributed by atoms with Crippen LogP contribution in [0.3, 0.4) is 0 Å². The Morgan fingerprint density at radius 3 is 2.16 bits per heavy atom. The predicted octanol–water partition coefficient (Wildman–Crippen LogP) is 2.91. The van der Waals surface area contributed by atoms with Crippen LogP contribution < -0.4 is 14.8 Å². The normalized spacial score (nSPS) is 12.2. The third-order valence-electron chi connectivity index (χ3n) is 3.25. The standard InChI is InChI=1S/C15H19NO3/c1-10-11(8-9-19-10)15(16-2)14-12(17-3)6-5-7-13(14)18-4/h5-9,15-16H,1-4H3. The third kappa shape index (κ3) is 2.44. The van der Waals surface area contributed by atoms with E-state index in [0.717, 1.165) is 28.4 Å². The Kier molecular flexibility index (Phi) is 4.12. The molecule has 19 heavy (non-hydrogen) atoms. The van der Waals surface area contributed by atoms with Gasteiger partial charge in [0.05, 0.1) is 32.1 Å². The van der Waals surface area contributed by atoms with Crippen LogP contribution in [-0.4, -0.2) is 21.3 Å². The molecule has 0 aliphatic carbocycles. The minimum atomic E-state index is -0.0372. The van der Waals surface area contributed by atoms with Gasteiger partial charge < -0.3 is 19.2 Å². The second kappa shape index (κ2) is 5.80. The van der Waals surface area contributed by atoms with Crippen LogP contribution in [0.1, 0.15) is 22.9 Å². The molecule has 2 aromatic rings. The van der Waals surface area contributed by atoms with Gasteiger partial charge in [-0.1, -0.05) is 6.07 Å². The van der Waals surface area contributed by atoms with E-state index in [2.05, 4.69) is 5.32 Å². The minimum absolute atomic E-state index is 0.0372. The summed E-state index contributed by atoms with van der Waals surface area (Å²) in [7, 11) is 5.23. The van der Waals surface area contributed by atoms with Crippen molar-refractivity contribution in [2.75, 3.05) is 21.3 Å². The van der Waals surface area contributed by atoms with Gasteiger partial charge in [0.15, 0.2) is 0 Å². The number of furan rings is 1. The maximum Gasteiger partial charge on any atom is 0.127 e. The van der Waals surface area contributed by atoms with Crippen molar-refractivity contribution in [3.63, 3.8) is 0 Å². The van der Waals surface area contributed by atoms with E-state index in [0.29, 0.717) is 0 Å². The third-order valence-corrected chi connectivity index (χ3v) is 3.25. The number of rotatable bonds is 5. The Balaban J connectivity index is 2.57. The van der Waals surface area contributed by atoms with E-state index >= 15 is 0 Å². The first-order valence-electron chi connectivity index (χ1n) is 6.15. The molecule has 1 atom stereocenters. The zero-order chi connectivity index (χ0) is 13.8. The van der Waals surface area contributed by atoms with Crippen molar-refractivity contribution in [1.82, 2.24) is 5.32 Å². The summed E-state index contributed by atoms with van der Waals surface area (Å²) in [5, 5.41) is 3.29. The van der Waals surface area contributed by atoms with Crippen molar-refractivity contribution in [3.05, 3.63) is 47.4 Å². The van der Waals surface area contributed by atoms with E-state index in [1.165, 1.54) is 0 Å². The molecule has 0 aliphatic rings. The summed E-state index contributed by atoms with van der Waals surface area (Å²) in [4.78, 5) is 0. The van der Waals surface area contributed by atoms with Crippen molar-refractivity contribution in [1.29, 1.82) is 0 Å². The number of benzene rings is 1. The molecule has 0 amide bonds. The molecule has 0 radical (unpaired) electrons. The monoisotopic (exact) mass is 261 g/mol. The van der Waals surface area contributed by atoms with Gasteiger partial charge in [0.1, 0.15) is 17.3 Å². The van der Waals surface area contributed by atoms with E-state index in [4.69, 9.17) is 13.9 Å². The highest BCUT2D eigenvalue weighted by molar-refractivity contribution is 5.50. The zero-order valence-corrected chi connectivity index (χ0v) is 11.7. The first-order valence-corrected chi connectivity index (χ1v) is 6.15. The van der Waals surface area contributed by atoms with Crippen LogP contribution in [0.4, 0.5) is 0 Å². The molecule has 0 fully saturated rings. The van der Waals surface area contributed by atoms with Crippen molar-refractivity contribution in [2.24, 2.45) is 0 Å². The molecule has 0 saturated carbocycles. The van der Waals surface area contributed by atoms with Crippen LogP contribution in [0, 0.1) is 6.92 Å². The lowest BCUT2D eigenvalue weighted by atomic mass is 9.97.